The number of H-pyrrole nitrogens is 1. The molecular weight excluding hydrogens is 380 g/mol. The summed E-state index contributed by atoms with van der Waals surface area (Å²) in [5, 5.41) is 0.815. The molecule has 8 heteroatoms. The van der Waals surface area contributed by atoms with Gasteiger partial charge in [-0.2, -0.15) is 0 Å². The van der Waals surface area contributed by atoms with E-state index in [-0.39, 0.29) is 18.1 Å². The summed E-state index contributed by atoms with van der Waals surface area (Å²) in [6.07, 6.45) is 0. The number of carbonyl (C=O) groups is 1. The zero-order valence-corrected chi connectivity index (χ0v) is 15.5. The van der Waals surface area contributed by atoms with Crippen molar-refractivity contribution in [2.45, 2.75) is 0 Å². The maximum atomic E-state index is 13.4. The molecule has 4 rings (SSSR count). The van der Waals surface area contributed by atoms with Crippen molar-refractivity contribution in [2.24, 2.45) is 0 Å². The zero-order valence-electron chi connectivity index (χ0n) is 15.5. The maximum Gasteiger partial charge on any atom is 0.260 e. The summed E-state index contributed by atoms with van der Waals surface area (Å²) in [6, 6.07) is 12.1. The Bertz CT molecular complexity index is 1110. The summed E-state index contributed by atoms with van der Waals surface area (Å²) in [6.45, 7) is 1.90. The molecule has 0 saturated carbocycles. The highest BCUT2D eigenvalue weighted by molar-refractivity contribution is 5.80. The third kappa shape index (κ3) is 4.21. The zero-order chi connectivity index (χ0) is 20.4. The number of nitrogens with zero attached hydrogens (tertiary/aromatic N) is 2. The van der Waals surface area contributed by atoms with Crippen LogP contribution < -0.4 is 15.2 Å². The summed E-state index contributed by atoms with van der Waals surface area (Å²) in [7, 11) is 0. The van der Waals surface area contributed by atoms with E-state index in [1.54, 1.807) is 29.2 Å². The molecule has 1 saturated heterocycles. The maximum absolute atomic E-state index is 13.4. The Labute approximate surface area is 165 Å². The van der Waals surface area contributed by atoms with Gasteiger partial charge in [0.15, 0.2) is 18.2 Å². The van der Waals surface area contributed by atoms with E-state index in [4.69, 9.17) is 4.74 Å². The lowest BCUT2D eigenvalue weighted by atomic mass is 10.2. The number of benzene rings is 2. The normalized spacial score (nSPS) is 14.3. The molecule has 1 fully saturated rings. The third-order valence-electron chi connectivity index (χ3n) is 4.96. The van der Waals surface area contributed by atoms with Crippen molar-refractivity contribution in [3.8, 4) is 5.75 Å². The van der Waals surface area contributed by atoms with Crippen LogP contribution in [0.15, 0.2) is 53.3 Å². The molecule has 2 aromatic carbocycles. The molecule has 0 aliphatic carbocycles. The van der Waals surface area contributed by atoms with Gasteiger partial charge in [0.25, 0.3) is 5.91 Å². The summed E-state index contributed by atoms with van der Waals surface area (Å²) in [5.41, 5.74) is 1.12. The fraction of sp³-hybridized carbons (Fsp3) is 0.238. The quantitative estimate of drug-likeness (QED) is 0.732. The van der Waals surface area contributed by atoms with E-state index >= 15 is 0 Å². The summed E-state index contributed by atoms with van der Waals surface area (Å²) in [5.74, 6) is -1.36. The van der Waals surface area contributed by atoms with Gasteiger partial charge in [0, 0.05) is 54.9 Å². The number of carbonyl (C=O) groups excluding carboxylic acids is 1. The highest BCUT2D eigenvalue weighted by Crippen LogP contribution is 2.20. The Balaban J connectivity index is 1.32. The van der Waals surface area contributed by atoms with Crippen LogP contribution >= 0.6 is 0 Å². The van der Waals surface area contributed by atoms with Crippen LogP contribution in [0.25, 0.3) is 10.9 Å². The number of hydrogen-bond acceptors (Lipinski definition) is 4. The Morgan fingerprint density at radius 3 is 2.52 bits per heavy atom. The van der Waals surface area contributed by atoms with Crippen molar-refractivity contribution in [2.75, 3.05) is 37.7 Å². The molecule has 0 atom stereocenters. The van der Waals surface area contributed by atoms with Gasteiger partial charge in [-0.3, -0.25) is 9.59 Å². The van der Waals surface area contributed by atoms with E-state index in [2.05, 4.69) is 4.98 Å². The number of aromatic amines is 1. The lowest BCUT2D eigenvalue weighted by molar-refractivity contribution is -0.133. The number of nitrogens with one attached hydrogen (secondary N) is 1. The van der Waals surface area contributed by atoms with Gasteiger partial charge in [-0.1, -0.05) is 0 Å². The number of amides is 1. The first-order valence-corrected chi connectivity index (χ1v) is 9.23. The first-order chi connectivity index (χ1) is 14.0. The predicted octanol–water partition coefficient (Wildman–Crippen LogP) is 2.53. The Hall–Kier alpha value is -3.42. The van der Waals surface area contributed by atoms with Crippen molar-refractivity contribution < 1.29 is 18.3 Å². The topological polar surface area (TPSA) is 65.6 Å². The number of hydrogen-bond donors (Lipinski definition) is 1. The SMILES string of the molecule is O=C(COc1ccc2[nH]c(=O)ccc2c1)N1CCN(c2ccc(F)c(F)c2)CC1. The Morgan fingerprint density at radius 2 is 1.76 bits per heavy atom. The van der Waals surface area contributed by atoms with E-state index in [1.165, 1.54) is 18.2 Å². The molecule has 1 aliphatic heterocycles. The van der Waals surface area contributed by atoms with Gasteiger partial charge in [0.2, 0.25) is 5.56 Å². The van der Waals surface area contributed by atoms with Crippen molar-refractivity contribution in [1.82, 2.24) is 9.88 Å². The number of ether oxygens (including phenoxy) is 1. The molecule has 150 valence electrons. The Kier molecular flexibility index (Phi) is 5.16. The Morgan fingerprint density at radius 1 is 0.966 bits per heavy atom. The van der Waals surface area contributed by atoms with Crippen molar-refractivity contribution >= 4 is 22.5 Å². The standard InChI is InChI=1S/C21H19F2N3O3/c22-17-4-2-15(12-18(17)23)25-7-9-26(10-8-25)21(28)13-29-16-3-5-19-14(11-16)1-6-20(27)24-19/h1-6,11-12H,7-10,13H2,(H,24,27). The van der Waals surface area contributed by atoms with Gasteiger partial charge in [-0.15, -0.1) is 0 Å². The molecule has 1 aliphatic rings. The smallest absolute Gasteiger partial charge is 0.260 e. The minimum Gasteiger partial charge on any atom is -0.484 e. The lowest BCUT2D eigenvalue weighted by Gasteiger charge is -2.36. The first-order valence-electron chi connectivity index (χ1n) is 9.23. The van der Waals surface area contributed by atoms with E-state index in [1.807, 2.05) is 4.90 Å². The van der Waals surface area contributed by atoms with Crippen LogP contribution in [-0.2, 0) is 4.79 Å². The van der Waals surface area contributed by atoms with E-state index in [0.717, 1.165) is 11.5 Å². The highest BCUT2D eigenvalue weighted by atomic mass is 19.2. The second kappa shape index (κ2) is 7.90. The highest BCUT2D eigenvalue weighted by Gasteiger charge is 2.22. The molecular formula is C21H19F2N3O3. The predicted molar refractivity (Wildman–Crippen MR) is 105 cm³/mol. The number of anilines is 1. The number of rotatable bonds is 4. The van der Waals surface area contributed by atoms with Crippen LogP contribution in [0.1, 0.15) is 0 Å². The van der Waals surface area contributed by atoms with Crippen LogP contribution in [-0.4, -0.2) is 48.6 Å². The van der Waals surface area contributed by atoms with E-state index in [0.29, 0.717) is 43.1 Å². The minimum atomic E-state index is -0.881. The minimum absolute atomic E-state index is 0.0972. The average molecular weight is 399 g/mol. The first kappa shape index (κ1) is 18.9. The molecule has 2 heterocycles. The summed E-state index contributed by atoms with van der Waals surface area (Å²) < 4.78 is 32.1. The van der Waals surface area contributed by atoms with Gasteiger partial charge in [0.1, 0.15) is 5.75 Å². The van der Waals surface area contributed by atoms with Crippen LogP contribution in [0, 0.1) is 11.6 Å². The lowest BCUT2D eigenvalue weighted by Crippen LogP contribution is -2.50. The molecule has 1 aromatic heterocycles. The van der Waals surface area contributed by atoms with Crippen LogP contribution in [0.4, 0.5) is 14.5 Å². The number of aromatic nitrogens is 1. The van der Waals surface area contributed by atoms with Crippen LogP contribution in [0.5, 0.6) is 5.75 Å². The fourth-order valence-electron chi connectivity index (χ4n) is 3.35. The van der Waals surface area contributed by atoms with Crippen molar-refractivity contribution in [3.05, 3.63) is 70.5 Å². The van der Waals surface area contributed by atoms with E-state index in [9.17, 15) is 18.4 Å². The molecule has 1 amide bonds. The fourth-order valence-corrected chi connectivity index (χ4v) is 3.35. The van der Waals surface area contributed by atoms with Crippen LogP contribution in [0.3, 0.4) is 0 Å². The molecule has 0 radical (unpaired) electrons. The van der Waals surface area contributed by atoms with Crippen molar-refractivity contribution in [1.29, 1.82) is 0 Å². The molecule has 0 unspecified atom stereocenters. The van der Waals surface area contributed by atoms with Gasteiger partial charge < -0.3 is 19.5 Å². The number of halogens is 2. The largest absolute Gasteiger partial charge is 0.484 e. The summed E-state index contributed by atoms with van der Waals surface area (Å²) in [4.78, 5) is 30.1. The van der Waals surface area contributed by atoms with Crippen molar-refractivity contribution in [3.63, 3.8) is 0 Å². The number of pyridine rings is 1. The molecule has 1 N–H and O–H groups in total. The molecule has 0 spiro atoms. The third-order valence-corrected chi connectivity index (χ3v) is 4.96. The monoisotopic (exact) mass is 399 g/mol. The second-order valence-corrected chi connectivity index (χ2v) is 6.83. The van der Waals surface area contributed by atoms with Gasteiger partial charge in [-0.05, 0) is 36.4 Å². The second-order valence-electron chi connectivity index (χ2n) is 6.83. The number of fused-ring (bicyclic) bond motifs is 1. The summed E-state index contributed by atoms with van der Waals surface area (Å²) >= 11 is 0. The molecule has 3 aromatic rings. The molecule has 6 nitrogen and oxygen atoms in total. The van der Waals surface area contributed by atoms with Gasteiger partial charge in [0.05, 0.1) is 0 Å². The van der Waals surface area contributed by atoms with Gasteiger partial charge >= 0.3 is 0 Å². The van der Waals surface area contributed by atoms with E-state index < -0.39 is 11.6 Å². The number of piperazine rings is 1. The molecule has 0 bridgehead atoms. The molecule has 29 heavy (non-hydrogen) atoms. The average Bonchev–Trinajstić information content (AvgIpc) is 2.74. The van der Waals surface area contributed by atoms with Gasteiger partial charge in [-0.25, -0.2) is 8.78 Å². The van der Waals surface area contributed by atoms with Crippen LogP contribution in [0.2, 0.25) is 0 Å².